The molecule has 2 aromatic rings. The highest BCUT2D eigenvalue weighted by Crippen LogP contribution is 2.28. The minimum absolute atomic E-state index is 0.341. The molecule has 23 heavy (non-hydrogen) atoms. The first-order valence-corrected chi connectivity index (χ1v) is 6.17. The molecule has 1 N–H and O–H groups in total. The van der Waals surface area contributed by atoms with E-state index in [1.165, 1.54) is 7.11 Å². The Labute approximate surface area is 129 Å². The molecule has 0 aliphatic rings. The van der Waals surface area contributed by atoms with Crippen molar-refractivity contribution in [1.29, 1.82) is 0 Å². The van der Waals surface area contributed by atoms with E-state index in [1.54, 1.807) is 24.3 Å². The number of hydrogen-bond donors (Lipinski definition) is 1. The van der Waals surface area contributed by atoms with Crippen LogP contribution in [0.25, 0.3) is 16.1 Å². The van der Waals surface area contributed by atoms with Crippen LogP contribution in [0.1, 0.15) is 21.0 Å². The molecule has 2 rings (SSSR count). The smallest absolute Gasteiger partial charge is 0.359 e. The number of carboxylic acid groups (broad SMARTS) is 1. The number of benzene rings is 1. The molecule has 0 radical (unpaired) electrons. The Morgan fingerprint density at radius 2 is 1.96 bits per heavy atom. The lowest BCUT2D eigenvalue weighted by molar-refractivity contribution is 0.0593. The van der Waals surface area contributed by atoms with Crippen LogP contribution in [0, 0.1) is 0 Å². The Bertz CT molecular complexity index is 805. The van der Waals surface area contributed by atoms with Gasteiger partial charge in [-0.2, -0.15) is 5.10 Å². The van der Waals surface area contributed by atoms with Crippen LogP contribution < -0.4 is 4.74 Å². The van der Waals surface area contributed by atoms with Crippen LogP contribution in [-0.4, -0.2) is 41.0 Å². The fourth-order valence-corrected chi connectivity index (χ4v) is 1.89. The molecule has 0 saturated heterocycles. The molecule has 118 valence electrons. The number of aromatic carboxylic acids is 1. The van der Waals surface area contributed by atoms with E-state index in [0.29, 0.717) is 11.4 Å². The molecule has 0 saturated carbocycles. The summed E-state index contributed by atoms with van der Waals surface area (Å²) in [5, 5.41) is 16.6. The number of carbonyl (C=O) groups excluding carboxylic acids is 1. The van der Waals surface area contributed by atoms with E-state index in [2.05, 4.69) is 19.9 Å². The van der Waals surface area contributed by atoms with Gasteiger partial charge in [-0.3, -0.25) is 0 Å². The summed E-state index contributed by atoms with van der Waals surface area (Å²) >= 11 is 0. The van der Waals surface area contributed by atoms with Crippen molar-refractivity contribution in [2.45, 2.75) is 0 Å². The molecule has 1 heterocycles. The minimum Gasteiger partial charge on any atom is -0.497 e. The average molecular weight is 317 g/mol. The number of carbonyl (C=O) groups is 2. The Hall–Kier alpha value is -3.52. The third-order valence-corrected chi connectivity index (χ3v) is 2.90. The van der Waals surface area contributed by atoms with Crippen LogP contribution in [0.15, 0.2) is 29.4 Å². The summed E-state index contributed by atoms with van der Waals surface area (Å²) in [6, 6.07) is 6.26. The highest BCUT2D eigenvalue weighted by Gasteiger charge is 2.27. The van der Waals surface area contributed by atoms with Gasteiger partial charge >= 0.3 is 11.9 Å². The lowest BCUT2D eigenvalue weighted by Gasteiger charge is -2.05. The molecular weight excluding hydrogens is 306 g/mol. The lowest BCUT2D eigenvalue weighted by atomic mass is 10.2. The van der Waals surface area contributed by atoms with Crippen LogP contribution in [0.5, 0.6) is 5.75 Å². The van der Waals surface area contributed by atoms with Crippen LogP contribution in [-0.2, 0) is 4.74 Å². The van der Waals surface area contributed by atoms with Gasteiger partial charge in [0.15, 0.2) is 11.4 Å². The molecule has 0 amide bonds. The number of nitrogens with zero attached hydrogens (tertiary/aromatic N) is 5. The number of hydrogen-bond acceptors (Lipinski definition) is 6. The van der Waals surface area contributed by atoms with Gasteiger partial charge in [0.05, 0.1) is 19.9 Å². The lowest BCUT2D eigenvalue weighted by Crippen LogP contribution is -2.08. The maximum atomic E-state index is 11.7. The molecular formula is C13H11N5O5. The van der Waals surface area contributed by atoms with Gasteiger partial charge in [0.2, 0.25) is 0 Å². The maximum absolute atomic E-state index is 11.7. The van der Waals surface area contributed by atoms with Crippen molar-refractivity contribution in [3.05, 3.63) is 46.1 Å². The zero-order chi connectivity index (χ0) is 17.0. The van der Waals surface area contributed by atoms with Gasteiger partial charge in [0, 0.05) is 4.91 Å². The van der Waals surface area contributed by atoms with Gasteiger partial charge < -0.3 is 14.6 Å². The summed E-state index contributed by atoms with van der Waals surface area (Å²) in [7, 11) is 2.59. The summed E-state index contributed by atoms with van der Waals surface area (Å²) in [6.07, 6.45) is 0. The Morgan fingerprint density at radius 3 is 2.43 bits per heavy atom. The second-order valence-electron chi connectivity index (χ2n) is 4.14. The van der Waals surface area contributed by atoms with Gasteiger partial charge in [-0.1, -0.05) is 5.11 Å². The fraction of sp³-hybridized carbons (Fsp3) is 0.154. The van der Waals surface area contributed by atoms with Gasteiger partial charge in [-0.05, 0) is 29.8 Å². The van der Waals surface area contributed by atoms with Gasteiger partial charge in [-0.25, -0.2) is 14.3 Å². The number of aromatic nitrogens is 2. The highest BCUT2D eigenvalue weighted by atomic mass is 16.5. The van der Waals surface area contributed by atoms with E-state index in [4.69, 9.17) is 10.3 Å². The predicted molar refractivity (Wildman–Crippen MR) is 77.2 cm³/mol. The first-order valence-electron chi connectivity index (χ1n) is 6.17. The molecule has 0 unspecified atom stereocenters. The molecule has 0 aliphatic heterocycles. The molecule has 1 aromatic carbocycles. The van der Waals surface area contributed by atoms with E-state index < -0.39 is 29.0 Å². The van der Waals surface area contributed by atoms with Crippen LogP contribution >= 0.6 is 0 Å². The van der Waals surface area contributed by atoms with Crippen molar-refractivity contribution in [3.8, 4) is 11.4 Å². The monoisotopic (exact) mass is 317 g/mol. The van der Waals surface area contributed by atoms with E-state index in [-0.39, 0.29) is 0 Å². The molecule has 0 bridgehead atoms. The number of esters is 1. The second kappa shape index (κ2) is 6.50. The molecule has 10 nitrogen and oxygen atoms in total. The van der Waals surface area contributed by atoms with E-state index in [0.717, 1.165) is 11.8 Å². The highest BCUT2D eigenvalue weighted by molar-refractivity contribution is 6.01. The summed E-state index contributed by atoms with van der Waals surface area (Å²) in [4.78, 5) is 25.8. The van der Waals surface area contributed by atoms with E-state index in [1.807, 2.05) is 0 Å². The maximum Gasteiger partial charge on any atom is 0.359 e. The first-order chi connectivity index (χ1) is 11.0. The molecule has 0 fully saturated rings. The quantitative estimate of drug-likeness (QED) is 0.388. The topological polar surface area (TPSA) is 139 Å². The van der Waals surface area contributed by atoms with Crippen molar-refractivity contribution in [1.82, 2.24) is 9.78 Å². The van der Waals surface area contributed by atoms with Gasteiger partial charge in [-0.15, -0.1) is 0 Å². The number of ether oxygens (including phenoxy) is 2. The summed E-state index contributed by atoms with van der Waals surface area (Å²) in [5.41, 5.74) is 7.70. The SMILES string of the molecule is COC(=O)c1nn(-c2ccc(OC)cc2)c(C(=O)O)c1N=[N+]=[N-]. The Kier molecular flexibility index (Phi) is 4.48. The van der Waals surface area contributed by atoms with E-state index >= 15 is 0 Å². The van der Waals surface area contributed by atoms with E-state index in [9.17, 15) is 14.7 Å². The second-order valence-corrected chi connectivity index (χ2v) is 4.14. The van der Waals surface area contributed by atoms with Crippen molar-refractivity contribution >= 4 is 17.6 Å². The Morgan fingerprint density at radius 1 is 1.30 bits per heavy atom. The van der Waals surface area contributed by atoms with Crippen molar-refractivity contribution in [2.24, 2.45) is 5.11 Å². The van der Waals surface area contributed by atoms with Gasteiger partial charge in [0.1, 0.15) is 11.4 Å². The third kappa shape index (κ3) is 2.92. The first kappa shape index (κ1) is 15.9. The zero-order valence-corrected chi connectivity index (χ0v) is 12.1. The van der Waals surface area contributed by atoms with Gasteiger partial charge in [0.25, 0.3) is 0 Å². The van der Waals surface area contributed by atoms with Crippen LogP contribution in [0.3, 0.4) is 0 Å². The fourth-order valence-electron chi connectivity index (χ4n) is 1.89. The molecule has 0 aliphatic carbocycles. The molecule has 10 heteroatoms. The number of rotatable bonds is 5. The standard InChI is InChI=1S/C13H11N5O5/c1-22-8-5-3-7(4-6-8)18-11(12(19)20)9(15-17-14)10(16-18)13(21)23-2/h3-6H,1-2H3,(H,19,20). The number of methoxy groups -OCH3 is 2. The van der Waals surface area contributed by atoms with Crippen molar-refractivity contribution in [3.63, 3.8) is 0 Å². The number of carboxylic acids is 1. The van der Waals surface area contributed by atoms with Crippen LogP contribution in [0.4, 0.5) is 5.69 Å². The Balaban J connectivity index is 2.73. The summed E-state index contributed by atoms with van der Waals surface area (Å²) in [5.74, 6) is -1.77. The summed E-state index contributed by atoms with van der Waals surface area (Å²) in [6.45, 7) is 0. The number of azide groups is 1. The normalized spacial score (nSPS) is 9.83. The minimum atomic E-state index is -1.41. The molecule has 0 spiro atoms. The third-order valence-electron chi connectivity index (χ3n) is 2.90. The van der Waals surface area contributed by atoms with Crippen LogP contribution in [0.2, 0.25) is 0 Å². The predicted octanol–water partition coefficient (Wildman–Crippen LogP) is 2.31. The van der Waals surface area contributed by atoms with Crippen molar-refractivity contribution < 1.29 is 24.2 Å². The average Bonchev–Trinajstić information content (AvgIpc) is 2.94. The largest absolute Gasteiger partial charge is 0.497 e. The summed E-state index contributed by atoms with van der Waals surface area (Å²) < 4.78 is 10.5. The zero-order valence-electron chi connectivity index (χ0n) is 12.1. The molecule has 1 aromatic heterocycles. The molecule has 0 atom stereocenters. The van der Waals surface area contributed by atoms with Crippen molar-refractivity contribution in [2.75, 3.05) is 14.2 Å².